The molecule has 1 amide bonds. The zero-order valence-corrected chi connectivity index (χ0v) is 21.7. The van der Waals surface area contributed by atoms with Crippen molar-refractivity contribution in [1.82, 2.24) is 35.3 Å². The Kier molecular flexibility index (Phi) is 8.22. The number of anilines is 1. The summed E-state index contributed by atoms with van der Waals surface area (Å²) in [6, 6.07) is 6.40. The van der Waals surface area contributed by atoms with Crippen molar-refractivity contribution < 1.29 is 14.4 Å². The summed E-state index contributed by atoms with van der Waals surface area (Å²) in [6.07, 6.45) is 7.74. The van der Waals surface area contributed by atoms with Gasteiger partial charge in [0, 0.05) is 58.6 Å². The zero-order valence-electron chi connectivity index (χ0n) is 21.7. The molecule has 0 saturated carbocycles. The van der Waals surface area contributed by atoms with E-state index in [0.29, 0.717) is 24.0 Å². The lowest BCUT2D eigenvalue weighted by molar-refractivity contribution is -0.186. The first-order chi connectivity index (χ1) is 18.1. The number of ether oxygens (including phenoxy) is 1. The molecule has 0 spiro atoms. The van der Waals surface area contributed by atoms with E-state index in [-0.39, 0.29) is 12.2 Å². The van der Waals surface area contributed by atoms with Crippen LogP contribution in [0.2, 0.25) is 0 Å². The molecule has 0 bridgehead atoms. The Morgan fingerprint density at radius 1 is 1.19 bits per heavy atom. The number of aryl methyl sites for hydroxylation is 1. The van der Waals surface area contributed by atoms with Crippen LogP contribution in [0.15, 0.2) is 30.6 Å². The third-order valence-corrected chi connectivity index (χ3v) is 7.26. The summed E-state index contributed by atoms with van der Waals surface area (Å²) < 4.78 is 7.29. The third kappa shape index (κ3) is 6.41. The molecule has 1 atom stereocenters. The van der Waals surface area contributed by atoms with Gasteiger partial charge >= 0.3 is 0 Å². The topological polar surface area (TPSA) is 111 Å². The van der Waals surface area contributed by atoms with Crippen molar-refractivity contribution in [1.29, 1.82) is 0 Å². The van der Waals surface area contributed by atoms with Gasteiger partial charge in [-0.2, -0.15) is 0 Å². The first-order valence-corrected chi connectivity index (χ1v) is 13.2. The van der Waals surface area contributed by atoms with Crippen molar-refractivity contribution in [3.63, 3.8) is 0 Å². The standard InChI is InChI=1S/C26H36N8O3/c1-3-33(18-20-7-8-22-23(14-20)32(2)31-29-22)17-19-9-11-34(12-10-19)26-27-15-21(16-28-26)25(35)30-37-24-6-4-5-13-36-24/h7-8,14-16,19,24H,3-6,9-13,17-18H2,1-2H3,(H,30,35). The second kappa shape index (κ2) is 11.9. The normalized spacial score (nSPS) is 19.0. The van der Waals surface area contributed by atoms with Gasteiger partial charge in [-0.05, 0) is 55.8 Å². The van der Waals surface area contributed by atoms with Gasteiger partial charge in [-0.1, -0.05) is 18.2 Å². The first-order valence-electron chi connectivity index (χ1n) is 13.2. The van der Waals surface area contributed by atoms with Gasteiger partial charge in [0.15, 0.2) is 6.29 Å². The summed E-state index contributed by atoms with van der Waals surface area (Å²) >= 11 is 0. The van der Waals surface area contributed by atoms with Gasteiger partial charge in [-0.25, -0.2) is 25.0 Å². The number of aromatic nitrogens is 5. The minimum absolute atomic E-state index is 0.363. The van der Waals surface area contributed by atoms with Crippen molar-refractivity contribution >= 4 is 22.9 Å². The molecular formula is C26H36N8O3. The van der Waals surface area contributed by atoms with Gasteiger partial charge in [0.2, 0.25) is 5.95 Å². The number of hydrogen-bond donors (Lipinski definition) is 1. The van der Waals surface area contributed by atoms with Crippen molar-refractivity contribution in [2.75, 3.05) is 37.7 Å². The van der Waals surface area contributed by atoms with Gasteiger partial charge in [0.1, 0.15) is 5.52 Å². The Balaban J connectivity index is 1.08. The van der Waals surface area contributed by atoms with Crippen LogP contribution >= 0.6 is 0 Å². The average Bonchev–Trinajstić information content (AvgIpc) is 3.32. The monoisotopic (exact) mass is 508 g/mol. The van der Waals surface area contributed by atoms with Crippen LogP contribution in [0, 0.1) is 5.92 Å². The molecule has 0 radical (unpaired) electrons. The number of nitrogens with zero attached hydrogens (tertiary/aromatic N) is 7. The van der Waals surface area contributed by atoms with E-state index < -0.39 is 0 Å². The minimum Gasteiger partial charge on any atom is -0.350 e. The van der Waals surface area contributed by atoms with Gasteiger partial charge in [-0.3, -0.25) is 9.69 Å². The van der Waals surface area contributed by atoms with Crippen LogP contribution < -0.4 is 10.4 Å². The van der Waals surface area contributed by atoms with Gasteiger partial charge in [-0.15, -0.1) is 5.10 Å². The van der Waals surface area contributed by atoms with E-state index >= 15 is 0 Å². The summed E-state index contributed by atoms with van der Waals surface area (Å²) in [5.41, 5.74) is 6.10. The second-order valence-electron chi connectivity index (χ2n) is 9.91. The Bertz CT molecular complexity index is 1170. The number of hydrogen-bond acceptors (Lipinski definition) is 9. The van der Waals surface area contributed by atoms with Crippen molar-refractivity contribution in [2.24, 2.45) is 13.0 Å². The maximum absolute atomic E-state index is 12.3. The molecule has 2 aromatic heterocycles. The lowest BCUT2D eigenvalue weighted by Gasteiger charge is -2.34. The predicted octanol–water partition coefficient (Wildman–Crippen LogP) is 2.68. The van der Waals surface area contributed by atoms with E-state index in [4.69, 9.17) is 9.57 Å². The Morgan fingerprint density at radius 3 is 2.73 bits per heavy atom. The molecule has 37 heavy (non-hydrogen) atoms. The molecule has 2 fully saturated rings. The summed E-state index contributed by atoms with van der Waals surface area (Å²) in [5.74, 6) is 0.928. The van der Waals surface area contributed by atoms with Crippen LogP contribution in [0.5, 0.6) is 0 Å². The average molecular weight is 509 g/mol. The quantitative estimate of drug-likeness (QED) is 0.436. The second-order valence-corrected chi connectivity index (χ2v) is 9.91. The third-order valence-electron chi connectivity index (χ3n) is 7.26. The number of hydroxylamine groups is 1. The van der Waals surface area contributed by atoms with E-state index in [1.807, 2.05) is 11.7 Å². The maximum Gasteiger partial charge on any atom is 0.278 e. The Morgan fingerprint density at radius 2 is 2.00 bits per heavy atom. The van der Waals surface area contributed by atoms with Crippen LogP contribution in [0.25, 0.3) is 11.0 Å². The van der Waals surface area contributed by atoms with Crippen LogP contribution in [0.4, 0.5) is 5.95 Å². The fraction of sp³-hybridized carbons (Fsp3) is 0.577. The molecule has 3 aromatic rings. The molecular weight excluding hydrogens is 472 g/mol. The van der Waals surface area contributed by atoms with Crippen LogP contribution in [0.3, 0.4) is 0 Å². The molecule has 4 heterocycles. The number of nitrogens with one attached hydrogen (secondary N) is 1. The highest BCUT2D eigenvalue weighted by atomic mass is 16.8. The molecule has 1 aromatic carbocycles. The molecule has 0 aliphatic carbocycles. The molecule has 11 heteroatoms. The summed E-state index contributed by atoms with van der Waals surface area (Å²) in [7, 11) is 1.93. The van der Waals surface area contributed by atoms with E-state index in [1.165, 1.54) is 5.56 Å². The van der Waals surface area contributed by atoms with E-state index in [2.05, 4.69) is 60.7 Å². The molecule has 5 rings (SSSR count). The summed E-state index contributed by atoms with van der Waals surface area (Å²) in [6.45, 7) is 7.68. The molecule has 2 saturated heterocycles. The smallest absolute Gasteiger partial charge is 0.278 e. The molecule has 1 unspecified atom stereocenters. The zero-order chi connectivity index (χ0) is 25.6. The van der Waals surface area contributed by atoms with Crippen LogP contribution in [0.1, 0.15) is 54.9 Å². The van der Waals surface area contributed by atoms with E-state index in [1.54, 1.807) is 12.4 Å². The number of carbonyl (C=O) groups excluding carboxylic acids is 1. The minimum atomic E-state index is -0.384. The van der Waals surface area contributed by atoms with Crippen molar-refractivity contribution in [3.8, 4) is 0 Å². The fourth-order valence-corrected chi connectivity index (χ4v) is 5.00. The SMILES string of the molecule is CCN(Cc1ccc2nnn(C)c2c1)CC1CCN(c2ncc(C(=O)NOC3CCCCO3)cn2)CC1. The Hall–Kier alpha value is -3.15. The Labute approximate surface area is 217 Å². The van der Waals surface area contributed by atoms with Gasteiger partial charge in [0.05, 0.1) is 11.1 Å². The number of piperidine rings is 1. The summed E-state index contributed by atoms with van der Waals surface area (Å²) in [4.78, 5) is 31.3. The number of rotatable bonds is 9. The van der Waals surface area contributed by atoms with Crippen LogP contribution in [-0.4, -0.2) is 74.8 Å². The van der Waals surface area contributed by atoms with Crippen LogP contribution in [-0.2, 0) is 23.2 Å². The van der Waals surface area contributed by atoms with Gasteiger partial charge in [0.25, 0.3) is 5.91 Å². The predicted molar refractivity (Wildman–Crippen MR) is 139 cm³/mol. The lowest BCUT2D eigenvalue weighted by Crippen LogP contribution is -2.39. The van der Waals surface area contributed by atoms with E-state index in [9.17, 15) is 4.79 Å². The molecule has 2 aliphatic heterocycles. The first kappa shape index (κ1) is 25.5. The molecule has 11 nitrogen and oxygen atoms in total. The lowest BCUT2D eigenvalue weighted by atomic mass is 9.96. The highest BCUT2D eigenvalue weighted by Crippen LogP contribution is 2.23. The number of carbonyl (C=O) groups is 1. The van der Waals surface area contributed by atoms with Gasteiger partial charge < -0.3 is 9.64 Å². The van der Waals surface area contributed by atoms with E-state index in [0.717, 1.165) is 75.9 Å². The molecule has 1 N–H and O–H groups in total. The number of benzene rings is 1. The van der Waals surface area contributed by atoms with Crippen molar-refractivity contribution in [3.05, 3.63) is 41.7 Å². The number of fused-ring (bicyclic) bond motifs is 1. The maximum atomic E-state index is 12.3. The van der Waals surface area contributed by atoms with Crippen molar-refractivity contribution in [2.45, 2.75) is 51.9 Å². The highest BCUT2D eigenvalue weighted by Gasteiger charge is 2.23. The number of amides is 1. The summed E-state index contributed by atoms with van der Waals surface area (Å²) in [5, 5.41) is 8.29. The largest absolute Gasteiger partial charge is 0.350 e. The highest BCUT2D eigenvalue weighted by molar-refractivity contribution is 5.92. The molecule has 198 valence electrons. The molecule has 2 aliphatic rings. The fourth-order valence-electron chi connectivity index (χ4n) is 5.00.